The maximum absolute atomic E-state index is 8.92. The summed E-state index contributed by atoms with van der Waals surface area (Å²) < 4.78 is 0. The molecule has 13 heavy (non-hydrogen) atoms. The van der Waals surface area contributed by atoms with Crippen LogP contribution in [0.3, 0.4) is 0 Å². The van der Waals surface area contributed by atoms with Crippen molar-refractivity contribution in [3.63, 3.8) is 0 Å². The largest absolute Gasteiger partial charge is 0.196 e. The number of aryl methyl sites for hydroxylation is 1. The molecule has 0 amide bonds. The summed E-state index contributed by atoms with van der Waals surface area (Å²) in [5.41, 5.74) is 1.25. The fraction of sp³-hybridized carbons (Fsp3) is 0.250. The molecular weight excluding hydrogens is 158 g/mol. The first-order valence-corrected chi connectivity index (χ1v) is 4.08. The van der Waals surface area contributed by atoms with E-state index < -0.39 is 5.41 Å². The maximum Gasteiger partial charge on any atom is 0.139 e. The quantitative estimate of drug-likeness (QED) is 0.592. The summed E-state index contributed by atoms with van der Waals surface area (Å²) in [4.78, 5) is 0. The van der Waals surface area contributed by atoms with Crippen molar-refractivity contribution in [2.45, 2.75) is 19.3 Å². The molecule has 0 N–H and O–H groups in total. The summed E-state index contributed by atoms with van der Waals surface area (Å²) in [6, 6.07) is 9.85. The Morgan fingerprint density at radius 1 is 1.31 bits per heavy atom. The lowest BCUT2D eigenvalue weighted by Crippen LogP contribution is -2.16. The van der Waals surface area contributed by atoms with E-state index in [1.165, 1.54) is 5.56 Å². The Morgan fingerprint density at radius 2 is 1.85 bits per heavy atom. The minimum Gasteiger partial charge on any atom is -0.196 e. The summed E-state index contributed by atoms with van der Waals surface area (Å²) in [5.74, 6) is 2.50. The molecule has 0 radical (unpaired) electrons. The van der Waals surface area contributed by atoms with Crippen LogP contribution in [-0.4, -0.2) is 0 Å². The Hall–Kier alpha value is -1.73. The summed E-state index contributed by atoms with van der Waals surface area (Å²) in [7, 11) is 0. The van der Waals surface area contributed by atoms with Gasteiger partial charge >= 0.3 is 0 Å². The molecule has 0 spiro atoms. The normalized spacial score (nSPS) is 13.8. The molecule has 1 atom stereocenters. The molecule has 0 aliphatic heterocycles. The number of benzene rings is 1. The minimum atomic E-state index is -0.798. The van der Waals surface area contributed by atoms with Crippen molar-refractivity contribution in [3.05, 3.63) is 35.4 Å². The van der Waals surface area contributed by atoms with Crippen LogP contribution >= 0.6 is 0 Å². The Kier molecular flexibility index (Phi) is 2.40. The molecule has 0 heterocycles. The van der Waals surface area contributed by atoms with E-state index in [2.05, 4.69) is 12.0 Å². The molecule has 64 valence electrons. The zero-order valence-electron chi connectivity index (χ0n) is 7.83. The van der Waals surface area contributed by atoms with Gasteiger partial charge in [0.25, 0.3) is 0 Å². The first-order valence-electron chi connectivity index (χ1n) is 4.08. The van der Waals surface area contributed by atoms with E-state index in [1.54, 1.807) is 6.92 Å². The van der Waals surface area contributed by atoms with Crippen LogP contribution in [0.15, 0.2) is 24.3 Å². The van der Waals surface area contributed by atoms with E-state index >= 15 is 0 Å². The van der Waals surface area contributed by atoms with Crippen molar-refractivity contribution in [1.82, 2.24) is 0 Å². The van der Waals surface area contributed by atoms with Gasteiger partial charge < -0.3 is 0 Å². The molecule has 1 nitrogen and oxygen atoms in total. The SMILES string of the molecule is C#CC(C)(C#N)c1ccc(C)cc1. The second kappa shape index (κ2) is 3.33. The Labute approximate surface area is 79.0 Å². The number of nitrogens with zero attached hydrogens (tertiary/aromatic N) is 1. The van der Waals surface area contributed by atoms with Gasteiger partial charge in [0.1, 0.15) is 5.41 Å². The van der Waals surface area contributed by atoms with E-state index in [-0.39, 0.29) is 0 Å². The summed E-state index contributed by atoms with van der Waals surface area (Å²) in [5, 5.41) is 8.92. The van der Waals surface area contributed by atoms with Gasteiger partial charge in [-0.3, -0.25) is 0 Å². The van der Waals surface area contributed by atoms with E-state index in [1.807, 2.05) is 31.2 Å². The lowest BCUT2D eigenvalue weighted by atomic mass is 9.85. The molecular formula is C12H11N. The fourth-order valence-electron chi connectivity index (χ4n) is 1.07. The van der Waals surface area contributed by atoms with E-state index in [9.17, 15) is 0 Å². The molecule has 0 fully saturated rings. The lowest BCUT2D eigenvalue weighted by molar-refractivity contribution is 0.807. The standard InChI is InChI=1S/C12H11N/c1-4-12(3,9-13)11-7-5-10(2)6-8-11/h1,5-8H,2-3H3. The highest BCUT2D eigenvalue weighted by molar-refractivity contribution is 5.41. The lowest BCUT2D eigenvalue weighted by Gasteiger charge is -2.14. The molecule has 1 rings (SSSR count). The topological polar surface area (TPSA) is 23.8 Å². The zero-order valence-corrected chi connectivity index (χ0v) is 7.83. The molecule has 0 saturated carbocycles. The van der Waals surface area contributed by atoms with Gasteiger partial charge in [0, 0.05) is 0 Å². The molecule has 1 aromatic carbocycles. The second-order valence-electron chi connectivity index (χ2n) is 3.25. The average molecular weight is 169 g/mol. The number of rotatable bonds is 1. The number of nitriles is 1. The third-order valence-electron chi connectivity index (χ3n) is 2.14. The molecule has 1 unspecified atom stereocenters. The molecule has 1 heteroatoms. The van der Waals surface area contributed by atoms with Gasteiger partial charge in [-0.2, -0.15) is 5.26 Å². The van der Waals surface area contributed by atoms with Gasteiger partial charge in [0.05, 0.1) is 6.07 Å². The van der Waals surface area contributed by atoms with Crippen molar-refractivity contribution >= 4 is 0 Å². The summed E-state index contributed by atoms with van der Waals surface area (Å²) >= 11 is 0. The summed E-state index contributed by atoms with van der Waals surface area (Å²) in [6.45, 7) is 3.75. The molecule has 0 aliphatic rings. The molecule has 1 aromatic rings. The maximum atomic E-state index is 8.92. The first kappa shape index (κ1) is 9.36. The number of hydrogen-bond acceptors (Lipinski definition) is 1. The zero-order chi connectivity index (χ0) is 9.90. The molecule has 0 saturated heterocycles. The Morgan fingerprint density at radius 3 is 2.23 bits per heavy atom. The van der Waals surface area contributed by atoms with Gasteiger partial charge in [-0.1, -0.05) is 35.7 Å². The molecule has 0 aromatic heterocycles. The van der Waals surface area contributed by atoms with Crippen LogP contribution in [0.25, 0.3) is 0 Å². The van der Waals surface area contributed by atoms with Gasteiger partial charge in [0.15, 0.2) is 0 Å². The minimum absolute atomic E-state index is 0.798. The third-order valence-corrected chi connectivity index (χ3v) is 2.14. The average Bonchev–Trinajstić information content (AvgIpc) is 2.18. The van der Waals surface area contributed by atoms with Crippen LogP contribution in [0.5, 0.6) is 0 Å². The van der Waals surface area contributed by atoms with Crippen LogP contribution in [0.2, 0.25) is 0 Å². The number of hydrogen-bond donors (Lipinski definition) is 0. The van der Waals surface area contributed by atoms with Gasteiger partial charge in [-0.05, 0) is 19.4 Å². The van der Waals surface area contributed by atoms with E-state index in [0.717, 1.165) is 5.56 Å². The Balaban J connectivity index is 3.18. The van der Waals surface area contributed by atoms with Crippen molar-refractivity contribution in [2.24, 2.45) is 0 Å². The fourth-order valence-corrected chi connectivity index (χ4v) is 1.07. The monoisotopic (exact) mass is 169 g/mol. The van der Waals surface area contributed by atoms with E-state index in [4.69, 9.17) is 11.7 Å². The highest BCUT2D eigenvalue weighted by Gasteiger charge is 2.22. The van der Waals surface area contributed by atoms with Crippen molar-refractivity contribution in [3.8, 4) is 18.4 Å². The third kappa shape index (κ3) is 1.71. The first-order chi connectivity index (χ1) is 6.12. The summed E-state index contributed by atoms with van der Waals surface area (Å²) in [6.07, 6.45) is 5.32. The van der Waals surface area contributed by atoms with Crippen LogP contribution in [0.4, 0.5) is 0 Å². The smallest absolute Gasteiger partial charge is 0.139 e. The van der Waals surface area contributed by atoms with Gasteiger partial charge in [-0.25, -0.2) is 0 Å². The number of terminal acetylenes is 1. The highest BCUT2D eigenvalue weighted by atomic mass is 14.3. The highest BCUT2D eigenvalue weighted by Crippen LogP contribution is 2.21. The van der Waals surface area contributed by atoms with Crippen LogP contribution in [0.1, 0.15) is 18.1 Å². The molecule has 0 bridgehead atoms. The van der Waals surface area contributed by atoms with Crippen LogP contribution in [-0.2, 0) is 5.41 Å². The van der Waals surface area contributed by atoms with Crippen LogP contribution < -0.4 is 0 Å². The van der Waals surface area contributed by atoms with Crippen molar-refractivity contribution < 1.29 is 0 Å². The van der Waals surface area contributed by atoms with E-state index in [0.29, 0.717) is 0 Å². The van der Waals surface area contributed by atoms with Gasteiger partial charge in [0.2, 0.25) is 0 Å². The molecule has 0 aliphatic carbocycles. The second-order valence-corrected chi connectivity index (χ2v) is 3.25. The Bertz CT molecular complexity index is 359. The van der Waals surface area contributed by atoms with Crippen molar-refractivity contribution in [1.29, 1.82) is 5.26 Å². The predicted molar refractivity (Wildman–Crippen MR) is 53.0 cm³/mol. The van der Waals surface area contributed by atoms with Gasteiger partial charge in [-0.15, -0.1) is 6.42 Å². The van der Waals surface area contributed by atoms with Crippen LogP contribution in [0, 0.1) is 30.6 Å². The van der Waals surface area contributed by atoms with Crippen molar-refractivity contribution in [2.75, 3.05) is 0 Å². The predicted octanol–water partition coefficient (Wildman–Crippen LogP) is 2.41.